The van der Waals surface area contributed by atoms with Crippen LogP contribution in [0.2, 0.25) is 0 Å². The molecule has 1 amide bonds. The first kappa shape index (κ1) is 18.2. The number of imidazole rings is 1. The second kappa shape index (κ2) is 6.76. The first-order chi connectivity index (χ1) is 11.1. The number of aryl methyl sites for hydroxylation is 1. The highest BCUT2D eigenvalue weighted by molar-refractivity contribution is 7.90. The van der Waals surface area contributed by atoms with Gasteiger partial charge in [-0.2, -0.15) is 0 Å². The van der Waals surface area contributed by atoms with Crippen LogP contribution in [-0.4, -0.2) is 29.1 Å². The second-order valence-corrected chi connectivity index (χ2v) is 8.60. The van der Waals surface area contributed by atoms with Gasteiger partial charge in [0.25, 0.3) is 5.91 Å². The Bertz CT molecular complexity index is 852. The number of rotatable bonds is 5. The number of amides is 1. The number of hydrogen-bond donors (Lipinski definition) is 1. The molecule has 0 spiro atoms. The van der Waals surface area contributed by atoms with Crippen molar-refractivity contribution < 1.29 is 13.2 Å². The number of benzene rings is 1. The van der Waals surface area contributed by atoms with Crippen molar-refractivity contribution in [3.63, 3.8) is 0 Å². The van der Waals surface area contributed by atoms with E-state index in [2.05, 4.69) is 23.6 Å². The molecule has 6 nitrogen and oxygen atoms in total. The molecule has 2 aromatic rings. The third kappa shape index (κ3) is 3.84. The topological polar surface area (TPSA) is 81.1 Å². The lowest BCUT2D eigenvalue weighted by molar-refractivity contribution is 0.0976. The lowest BCUT2D eigenvalue weighted by Gasteiger charge is -2.08. The lowest BCUT2D eigenvalue weighted by Crippen LogP contribution is -2.35. The van der Waals surface area contributed by atoms with Gasteiger partial charge in [0, 0.05) is 18.8 Å². The monoisotopic (exact) mass is 349 g/mol. The molecule has 1 aromatic heterocycles. The average molecular weight is 349 g/mol. The Kier molecular flexibility index (Phi) is 5.13. The molecule has 0 radical (unpaired) electrons. The molecule has 1 heterocycles. The van der Waals surface area contributed by atoms with Crippen molar-refractivity contribution >= 4 is 15.9 Å². The number of nitrogens with one attached hydrogen (secondary N) is 1. The Morgan fingerprint density at radius 1 is 1.21 bits per heavy atom. The molecule has 0 aliphatic rings. The predicted octanol–water partition coefficient (Wildman–Crippen LogP) is 2.68. The molecule has 0 saturated carbocycles. The van der Waals surface area contributed by atoms with E-state index < -0.39 is 21.2 Å². The molecule has 0 fully saturated rings. The average Bonchev–Trinajstić information content (AvgIpc) is 2.89. The molecule has 1 N–H and O–H groups in total. The van der Waals surface area contributed by atoms with Crippen molar-refractivity contribution in [2.24, 2.45) is 7.05 Å². The lowest BCUT2D eigenvalue weighted by atomic mass is 10.0. The summed E-state index contributed by atoms with van der Waals surface area (Å²) in [5.74, 6) is 0.277. The van der Waals surface area contributed by atoms with Gasteiger partial charge in [0.2, 0.25) is 10.0 Å². The molecule has 0 saturated heterocycles. The molecule has 0 aliphatic carbocycles. The maximum absolute atomic E-state index is 12.2. The van der Waals surface area contributed by atoms with E-state index in [1.165, 1.54) is 25.6 Å². The number of aromatic nitrogens is 2. The Labute approximate surface area is 143 Å². The fraction of sp³-hybridized carbons (Fsp3) is 0.412. The largest absolute Gasteiger partial charge is 0.333 e. The Hall–Kier alpha value is -2.15. The number of carbonyl (C=O) groups excluding carboxylic acids is 1. The zero-order valence-electron chi connectivity index (χ0n) is 14.6. The number of carbonyl (C=O) groups is 1. The van der Waals surface area contributed by atoms with Crippen LogP contribution in [0.25, 0.3) is 11.4 Å². The van der Waals surface area contributed by atoms with Gasteiger partial charge < -0.3 is 4.57 Å². The van der Waals surface area contributed by atoms with Crippen LogP contribution < -0.4 is 4.72 Å². The van der Waals surface area contributed by atoms with Crippen LogP contribution in [0.5, 0.6) is 0 Å². The van der Waals surface area contributed by atoms with Crippen LogP contribution in [-0.2, 0) is 17.1 Å². The molecule has 7 heteroatoms. The van der Waals surface area contributed by atoms with Gasteiger partial charge in [-0.25, -0.2) is 18.1 Å². The van der Waals surface area contributed by atoms with E-state index in [-0.39, 0.29) is 5.69 Å². The summed E-state index contributed by atoms with van der Waals surface area (Å²) >= 11 is 0. The molecule has 130 valence electrons. The minimum atomic E-state index is -3.68. The minimum absolute atomic E-state index is 0.0756. The highest BCUT2D eigenvalue weighted by atomic mass is 32.2. The summed E-state index contributed by atoms with van der Waals surface area (Å²) in [7, 11) is -1.90. The maximum atomic E-state index is 12.2. The summed E-state index contributed by atoms with van der Waals surface area (Å²) < 4.78 is 27.4. The molecule has 0 atom stereocenters. The van der Waals surface area contributed by atoms with Crippen LogP contribution in [0, 0.1) is 0 Å². The summed E-state index contributed by atoms with van der Waals surface area (Å²) in [6, 6.07) is 7.93. The number of sulfonamides is 1. The smallest absolute Gasteiger partial charge is 0.284 e. The van der Waals surface area contributed by atoms with Crippen LogP contribution >= 0.6 is 0 Å². The normalized spacial score (nSPS) is 12.0. The van der Waals surface area contributed by atoms with Crippen molar-refractivity contribution in [1.29, 1.82) is 0 Å². The van der Waals surface area contributed by atoms with Crippen LogP contribution in [0.15, 0.2) is 30.5 Å². The van der Waals surface area contributed by atoms with E-state index in [0.717, 1.165) is 5.56 Å². The third-order valence-corrected chi connectivity index (χ3v) is 5.49. The summed E-state index contributed by atoms with van der Waals surface area (Å²) in [4.78, 5) is 16.5. The summed E-state index contributed by atoms with van der Waals surface area (Å²) in [5.41, 5.74) is 2.13. The number of nitrogens with zero attached hydrogens (tertiary/aromatic N) is 2. The van der Waals surface area contributed by atoms with E-state index in [0.29, 0.717) is 11.7 Å². The Morgan fingerprint density at radius 3 is 2.46 bits per heavy atom. The highest BCUT2D eigenvalue weighted by Crippen LogP contribution is 2.23. The van der Waals surface area contributed by atoms with Crippen LogP contribution in [0.1, 0.15) is 49.7 Å². The van der Waals surface area contributed by atoms with E-state index in [9.17, 15) is 13.2 Å². The molecule has 24 heavy (non-hydrogen) atoms. The van der Waals surface area contributed by atoms with Gasteiger partial charge in [0.15, 0.2) is 0 Å². The van der Waals surface area contributed by atoms with Gasteiger partial charge in [-0.05, 0) is 31.4 Å². The molecule has 0 aliphatic heterocycles. The standard InChI is InChI=1S/C17H23N3O3S/c1-11(2)13-7-6-8-14(9-13)16-18-15(10-20(16)5)17(21)19-24(22,23)12(3)4/h6-12H,1-5H3,(H,19,21). The molecular weight excluding hydrogens is 326 g/mol. The van der Waals surface area contributed by atoms with E-state index in [4.69, 9.17) is 0 Å². The van der Waals surface area contributed by atoms with Crippen molar-refractivity contribution in [1.82, 2.24) is 14.3 Å². The van der Waals surface area contributed by atoms with Gasteiger partial charge in [0.05, 0.1) is 5.25 Å². The first-order valence-electron chi connectivity index (χ1n) is 7.81. The van der Waals surface area contributed by atoms with E-state index >= 15 is 0 Å². The van der Waals surface area contributed by atoms with E-state index in [1.54, 1.807) is 11.6 Å². The molecule has 0 bridgehead atoms. The first-order valence-corrected chi connectivity index (χ1v) is 9.36. The number of hydrogen-bond acceptors (Lipinski definition) is 4. The zero-order valence-corrected chi connectivity index (χ0v) is 15.4. The second-order valence-electron chi connectivity index (χ2n) is 6.37. The summed E-state index contributed by atoms with van der Waals surface area (Å²) in [5, 5.41) is -0.688. The SMILES string of the molecule is CC(C)c1cccc(-c2nc(C(=O)NS(=O)(=O)C(C)C)cn2C)c1. The molecular formula is C17H23N3O3S. The third-order valence-electron chi connectivity index (χ3n) is 3.78. The van der Waals surface area contributed by atoms with Crippen LogP contribution in [0.3, 0.4) is 0 Å². The van der Waals surface area contributed by atoms with E-state index in [1.807, 2.05) is 24.3 Å². The Balaban J connectivity index is 2.34. The summed E-state index contributed by atoms with van der Waals surface area (Å²) in [6.45, 7) is 7.23. The fourth-order valence-corrected chi connectivity index (χ4v) is 2.78. The fourth-order valence-electron chi connectivity index (χ4n) is 2.18. The predicted molar refractivity (Wildman–Crippen MR) is 94.3 cm³/mol. The van der Waals surface area contributed by atoms with Gasteiger partial charge in [0.1, 0.15) is 11.5 Å². The molecule has 1 aromatic carbocycles. The summed E-state index contributed by atoms with van der Waals surface area (Å²) in [6.07, 6.45) is 1.53. The Morgan fingerprint density at radius 2 is 1.88 bits per heavy atom. The maximum Gasteiger partial charge on any atom is 0.284 e. The van der Waals surface area contributed by atoms with Crippen molar-refractivity contribution in [3.05, 3.63) is 41.7 Å². The van der Waals surface area contributed by atoms with Crippen LogP contribution in [0.4, 0.5) is 0 Å². The van der Waals surface area contributed by atoms with Crippen molar-refractivity contribution in [2.75, 3.05) is 0 Å². The van der Waals surface area contributed by atoms with Crippen molar-refractivity contribution in [3.8, 4) is 11.4 Å². The van der Waals surface area contributed by atoms with Gasteiger partial charge in [-0.15, -0.1) is 0 Å². The quantitative estimate of drug-likeness (QED) is 0.900. The van der Waals surface area contributed by atoms with Gasteiger partial charge in [-0.1, -0.05) is 32.0 Å². The van der Waals surface area contributed by atoms with Gasteiger partial charge >= 0.3 is 0 Å². The minimum Gasteiger partial charge on any atom is -0.333 e. The van der Waals surface area contributed by atoms with Crippen molar-refractivity contribution in [2.45, 2.75) is 38.9 Å². The van der Waals surface area contributed by atoms with Gasteiger partial charge in [-0.3, -0.25) is 4.79 Å². The molecule has 2 rings (SSSR count). The highest BCUT2D eigenvalue weighted by Gasteiger charge is 2.22. The molecule has 0 unspecified atom stereocenters. The zero-order chi connectivity index (χ0) is 18.1.